The highest BCUT2D eigenvalue weighted by atomic mass is 16.1. The molecule has 1 aliphatic heterocycles. The molecule has 1 fully saturated rings. The van der Waals surface area contributed by atoms with E-state index in [1.54, 1.807) is 0 Å². The summed E-state index contributed by atoms with van der Waals surface area (Å²) in [4.78, 5) is 10.5. The number of carbonyl (C=O) groups excluding carboxylic acids is 1. The van der Waals surface area contributed by atoms with Gasteiger partial charge in [-0.25, -0.2) is 0 Å². The van der Waals surface area contributed by atoms with Gasteiger partial charge in [-0.05, 0) is 19.8 Å². The van der Waals surface area contributed by atoms with Crippen molar-refractivity contribution in [3.63, 3.8) is 0 Å². The van der Waals surface area contributed by atoms with Crippen LogP contribution in [0.5, 0.6) is 0 Å². The molecule has 0 saturated carbocycles. The minimum Gasteiger partial charge on any atom is -0.349 e. The van der Waals surface area contributed by atoms with Gasteiger partial charge in [-0.2, -0.15) is 0 Å². The first-order chi connectivity index (χ1) is 3.79. The lowest BCUT2D eigenvalue weighted by atomic mass is 10.1. The Balaban J connectivity index is 2.34. The average molecular weight is 112 g/mol. The second kappa shape index (κ2) is 2.16. The smallest absolute Gasteiger partial charge is 0.220 e. The maximum Gasteiger partial charge on any atom is 0.220 e. The first-order valence-electron chi connectivity index (χ1n) is 2.91. The molecule has 0 spiro atoms. The Labute approximate surface area is 49.3 Å². The first-order valence-corrected chi connectivity index (χ1v) is 2.91. The molecule has 1 N–H and O–H groups in total. The van der Waals surface area contributed by atoms with E-state index in [2.05, 4.69) is 5.32 Å². The predicted molar refractivity (Wildman–Crippen MR) is 30.9 cm³/mol. The fourth-order valence-corrected chi connectivity index (χ4v) is 0.877. The zero-order chi connectivity index (χ0) is 5.98. The van der Waals surface area contributed by atoms with Crippen molar-refractivity contribution in [1.82, 2.24) is 5.32 Å². The predicted octanol–water partition coefficient (Wildman–Crippen LogP) is 0.838. The van der Waals surface area contributed by atoms with Crippen LogP contribution in [0.15, 0.2) is 0 Å². The third-order valence-corrected chi connectivity index (χ3v) is 1.31. The van der Waals surface area contributed by atoms with Crippen molar-refractivity contribution in [1.29, 1.82) is 0 Å². The maximum absolute atomic E-state index is 10.5. The molecule has 2 heteroatoms. The van der Waals surface area contributed by atoms with Crippen molar-refractivity contribution in [2.24, 2.45) is 0 Å². The summed E-state index contributed by atoms with van der Waals surface area (Å²) in [6.45, 7) is 1.96. The fourth-order valence-electron chi connectivity index (χ4n) is 0.877. The summed E-state index contributed by atoms with van der Waals surface area (Å²) in [5, 5.41) is 2.76. The highest BCUT2D eigenvalue weighted by molar-refractivity contribution is 5.77. The van der Waals surface area contributed by atoms with E-state index in [9.17, 15) is 4.79 Å². The van der Waals surface area contributed by atoms with Crippen LogP contribution in [0.2, 0.25) is 0 Å². The van der Waals surface area contributed by atoms with Crippen molar-refractivity contribution >= 4 is 5.91 Å². The Bertz CT molecular complexity index is 101. The highest BCUT2D eigenvalue weighted by Gasteiger charge is 2.13. The minimum atomic E-state index is 0.175. The monoisotopic (exact) mass is 112 g/mol. The molecule has 0 aromatic carbocycles. The Morgan fingerprint density at radius 1 is 1.50 bits per heavy atom. The summed E-state index contributed by atoms with van der Waals surface area (Å²) in [5.41, 5.74) is 0. The van der Waals surface area contributed by atoms with Crippen LogP contribution in [0, 0.1) is 6.04 Å². The molecule has 0 atom stereocenters. The average Bonchev–Trinajstić information content (AvgIpc) is 1.64. The van der Waals surface area contributed by atoms with Gasteiger partial charge in [-0.15, -0.1) is 0 Å². The molecular weight excluding hydrogens is 102 g/mol. The molecule has 0 aromatic heterocycles. The van der Waals surface area contributed by atoms with Gasteiger partial charge in [0.15, 0.2) is 0 Å². The number of carbonyl (C=O) groups is 1. The van der Waals surface area contributed by atoms with E-state index in [4.69, 9.17) is 0 Å². The van der Waals surface area contributed by atoms with Crippen LogP contribution in [0.4, 0.5) is 0 Å². The van der Waals surface area contributed by atoms with Crippen molar-refractivity contribution in [3.8, 4) is 0 Å². The Kier molecular flexibility index (Phi) is 1.51. The van der Waals surface area contributed by atoms with Crippen LogP contribution in [-0.2, 0) is 4.79 Å². The topological polar surface area (TPSA) is 29.1 Å². The summed E-state index contributed by atoms with van der Waals surface area (Å²) >= 11 is 0. The summed E-state index contributed by atoms with van der Waals surface area (Å²) in [6, 6.07) is 1.11. The van der Waals surface area contributed by atoms with E-state index >= 15 is 0 Å². The lowest BCUT2D eigenvalue weighted by molar-refractivity contribution is -0.121. The number of nitrogens with one attached hydrogen (secondary N) is 1. The highest BCUT2D eigenvalue weighted by Crippen LogP contribution is 2.11. The van der Waals surface area contributed by atoms with Gasteiger partial charge in [-0.1, -0.05) is 0 Å². The molecule has 1 saturated heterocycles. The molecule has 1 amide bonds. The maximum atomic E-state index is 10.5. The number of piperidine rings is 1. The molecule has 0 aromatic rings. The summed E-state index contributed by atoms with van der Waals surface area (Å²) < 4.78 is 0. The Morgan fingerprint density at radius 3 is 2.62 bits per heavy atom. The molecule has 1 radical (unpaired) electrons. The van der Waals surface area contributed by atoms with Gasteiger partial charge < -0.3 is 5.32 Å². The molecule has 1 aliphatic rings. The largest absolute Gasteiger partial charge is 0.349 e. The molecule has 2 nitrogen and oxygen atoms in total. The standard InChI is InChI=1S/C6H10NO/c1-5-3-2-4-6(8)7-5/h2-4H2,1H3,(H,7,8). The quantitative estimate of drug-likeness (QED) is 0.494. The van der Waals surface area contributed by atoms with Crippen molar-refractivity contribution < 1.29 is 4.79 Å². The molecule has 0 bridgehead atoms. The van der Waals surface area contributed by atoms with Crippen LogP contribution in [0.3, 0.4) is 0 Å². The van der Waals surface area contributed by atoms with E-state index < -0.39 is 0 Å². The molecule has 1 rings (SSSR count). The van der Waals surface area contributed by atoms with Gasteiger partial charge in [0.25, 0.3) is 0 Å². The molecule has 45 valence electrons. The van der Waals surface area contributed by atoms with E-state index in [1.807, 2.05) is 6.92 Å². The van der Waals surface area contributed by atoms with E-state index in [0.29, 0.717) is 6.42 Å². The second-order valence-electron chi connectivity index (χ2n) is 2.18. The van der Waals surface area contributed by atoms with Crippen molar-refractivity contribution in [3.05, 3.63) is 6.04 Å². The molecule has 8 heavy (non-hydrogen) atoms. The third kappa shape index (κ3) is 1.22. The number of hydrogen-bond acceptors (Lipinski definition) is 1. The Hall–Kier alpha value is -0.530. The summed E-state index contributed by atoms with van der Waals surface area (Å²) in [7, 11) is 0. The van der Waals surface area contributed by atoms with Crippen LogP contribution in [-0.4, -0.2) is 5.91 Å². The number of hydrogen-bond donors (Lipinski definition) is 1. The SMILES string of the molecule is C[C]1CCCC(=O)N1. The van der Waals surface area contributed by atoms with Crippen LogP contribution in [0.25, 0.3) is 0 Å². The summed E-state index contributed by atoms with van der Waals surface area (Å²) in [6.07, 6.45) is 2.79. The number of rotatable bonds is 0. The zero-order valence-electron chi connectivity index (χ0n) is 5.03. The van der Waals surface area contributed by atoms with Gasteiger partial charge in [0, 0.05) is 6.42 Å². The normalized spacial score (nSPS) is 22.9. The Morgan fingerprint density at radius 2 is 2.25 bits per heavy atom. The number of amides is 1. The van der Waals surface area contributed by atoms with E-state index in [-0.39, 0.29) is 5.91 Å². The van der Waals surface area contributed by atoms with Crippen LogP contribution >= 0.6 is 0 Å². The minimum absolute atomic E-state index is 0.175. The zero-order valence-corrected chi connectivity index (χ0v) is 5.03. The second-order valence-corrected chi connectivity index (χ2v) is 2.18. The van der Waals surface area contributed by atoms with Gasteiger partial charge in [-0.3, -0.25) is 4.79 Å². The van der Waals surface area contributed by atoms with E-state index in [1.165, 1.54) is 0 Å². The van der Waals surface area contributed by atoms with Crippen molar-refractivity contribution in [2.75, 3.05) is 0 Å². The molecule has 0 unspecified atom stereocenters. The first kappa shape index (κ1) is 5.60. The van der Waals surface area contributed by atoms with Gasteiger partial charge >= 0.3 is 0 Å². The third-order valence-electron chi connectivity index (χ3n) is 1.31. The van der Waals surface area contributed by atoms with Crippen molar-refractivity contribution in [2.45, 2.75) is 26.2 Å². The summed E-state index contributed by atoms with van der Waals surface area (Å²) in [5.74, 6) is 0.175. The lowest BCUT2D eigenvalue weighted by Crippen LogP contribution is -2.30. The molecular formula is C6H10NO. The molecule has 1 heterocycles. The van der Waals surface area contributed by atoms with Gasteiger partial charge in [0.1, 0.15) is 0 Å². The van der Waals surface area contributed by atoms with Crippen LogP contribution in [0.1, 0.15) is 26.2 Å². The van der Waals surface area contributed by atoms with Gasteiger partial charge in [0.2, 0.25) is 5.91 Å². The fraction of sp³-hybridized carbons (Fsp3) is 0.667. The van der Waals surface area contributed by atoms with E-state index in [0.717, 1.165) is 18.9 Å². The lowest BCUT2D eigenvalue weighted by Gasteiger charge is -2.17. The van der Waals surface area contributed by atoms with Gasteiger partial charge in [0.05, 0.1) is 6.04 Å². The van der Waals surface area contributed by atoms with Crippen LogP contribution < -0.4 is 5.32 Å². The molecule has 0 aliphatic carbocycles.